The van der Waals surface area contributed by atoms with Crippen LogP contribution in [0.1, 0.15) is 0 Å². The lowest BCUT2D eigenvalue weighted by atomic mass is 10.6. The van der Waals surface area contributed by atoms with Gasteiger partial charge in [-0.15, -0.1) is 0 Å². The number of aromatic nitrogens is 3. The van der Waals surface area contributed by atoms with Crippen LogP contribution in [0.2, 0.25) is 0 Å². The Bertz CT molecular complexity index is 440. The molecular weight excluding hydrogens is 142 g/mol. The van der Waals surface area contributed by atoms with Crippen LogP contribution in [0.4, 0.5) is 0 Å². The maximum absolute atomic E-state index is 11.1. The molecule has 0 bridgehead atoms. The number of rotatable bonds is 0. The fourth-order valence-electron chi connectivity index (χ4n) is 1.05. The predicted octanol–water partition coefficient (Wildman–Crippen LogP) is 0.0330. The highest BCUT2D eigenvalue weighted by Crippen LogP contribution is 1.94. The summed E-state index contributed by atoms with van der Waals surface area (Å²) in [7, 11) is 1.72. The molecule has 0 aromatic carbocycles. The van der Waals surface area contributed by atoms with Gasteiger partial charge >= 0.3 is 0 Å². The maximum Gasteiger partial charge on any atom is 0.253 e. The van der Waals surface area contributed by atoms with Crippen LogP contribution in [-0.2, 0) is 7.05 Å². The van der Waals surface area contributed by atoms with E-state index in [1.54, 1.807) is 34.6 Å². The van der Waals surface area contributed by atoms with Crippen molar-refractivity contribution in [2.24, 2.45) is 7.05 Å². The van der Waals surface area contributed by atoms with Gasteiger partial charge in [0.1, 0.15) is 5.65 Å². The molecule has 0 fully saturated rings. The summed E-state index contributed by atoms with van der Waals surface area (Å²) < 4.78 is 3.20. The van der Waals surface area contributed by atoms with Crippen molar-refractivity contribution < 1.29 is 0 Å². The second kappa shape index (κ2) is 1.95. The third kappa shape index (κ3) is 0.756. The van der Waals surface area contributed by atoms with E-state index in [9.17, 15) is 4.79 Å². The van der Waals surface area contributed by atoms with E-state index in [0.29, 0.717) is 0 Å². The Morgan fingerprint density at radius 2 is 2.27 bits per heavy atom. The molecule has 0 saturated heterocycles. The van der Waals surface area contributed by atoms with Gasteiger partial charge in [0.25, 0.3) is 5.56 Å². The molecule has 4 heteroatoms. The number of fused-ring (bicyclic) bond motifs is 1. The van der Waals surface area contributed by atoms with E-state index in [1.807, 2.05) is 0 Å². The zero-order valence-electron chi connectivity index (χ0n) is 6.06. The zero-order valence-corrected chi connectivity index (χ0v) is 6.06. The molecule has 0 radical (unpaired) electrons. The van der Waals surface area contributed by atoms with Crippen LogP contribution >= 0.6 is 0 Å². The van der Waals surface area contributed by atoms with E-state index < -0.39 is 0 Å². The van der Waals surface area contributed by atoms with Crippen LogP contribution in [0.15, 0.2) is 29.3 Å². The largest absolute Gasteiger partial charge is 0.296 e. The van der Waals surface area contributed by atoms with Crippen LogP contribution in [0.25, 0.3) is 5.65 Å². The van der Waals surface area contributed by atoms with Gasteiger partial charge in [0.05, 0.1) is 6.20 Å². The Kier molecular flexibility index (Phi) is 1.09. The molecule has 0 aliphatic rings. The lowest BCUT2D eigenvalue weighted by molar-refractivity contribution is 0.820. The Morgan fingerprint density at radius 3 is 3.09 bits per heavy atom. The molecule has 2 heterocycles. The van der Waals surface area contributed by atoms with Crippen LogP contribution in [0.3, 0.4) is 0 Å². The van der Waals surface area contributed by atoms with Gasteiger partial charge in [0.2, 0.25) is 0 Å². The van der Waals surface area contributed by atoms with Gasteiger partial charge in [-0.2, -0.15) is 5.10 Å². The number of nitrogens with zero attached hydrogens (tertiary/aromatic N) is 3. The van der Waals surface area contributed by atoms with Gasteiger partial charge in [0, 0.05) is 25.4 Å². The van der Waals surface area contributed by atoms with Gasteiger partial charge in [-0.3, -0.25) is 9.36 Å². The minimum Gasteiger partial charge on any atom is -0.296 e. The molecule has 0 amide bonds. The third-order valence-electron chi connectivity index (χ3n) is 1.68. The van der Waals surface area contributed by atoms with Crippen molar-refractivity contribution in [2.45, 2.75) is 0 Å². The zero-order chi connectivity index (χ0) is 7.84. The van der Waals surface area contributed by atoms with Crippen molar-refractivity contribution in [3.05, 3.63) is 34.9 Å². The monoisotopic (exact) mass is 149 g/mol. The number of hydrogen-bond acceptors (Lipinski definition) is 2. The Morgan fingerprint density at radius 1 is 1.45 bits per heavy atom. The standard InChI is InChI=1S/C7H7N3O/c1-9-6-2-4-8-10(6)5-3-7(9)11/h2-5H,1H3. The first kappa shape index (κ1) is 6.15. The Labute approximate surface area is 62.7 Å². The van der Waals surface area contributed by atoms with Gasteiger partial charge in [-0.05, 0) is 0 Å². The molecule has 0 aliphatic carbocycles. The van der Waals surface area contributed by atoms with Crippen LogP contribution < -0.4 is 5.56 Å². The van der Waals surface area contributed by atoms with E-state index in [1.165, 1.54) is 6.07 Å². The quantitative estimate of drug-likeness (QED) is 0.530. The fraction of sp³-hybridized carbons (Fsp3) is 0.143. The lowest BCUT2D eigenvalue weighted by Gasteiger charge is -1.97. The van der Waals surface area contributed by atoms with Gasteiger partial charge < -0.3 is 0 Å². The molecule has 4 nitrogen and oxygen atoms in total. The normalized spacial score (nSPS) is 10.6. The fourth-order valence-corrected chi connectivity index (χ4v) is 1.05. The molecule has 0 spiro atoms. The summed E-state index contributed by atoms with van der Waals surface area (Å²) in [6.45, 7) is 0. The molecule has 56 valence electrons. The van der Waals surface area contributed by atoms with E-state index in [-0.39, 0.29) is 5.56 Å². The summed E-state index contributed by atoms with van der Waals surface area (Å²) >= 11 is 0. The average molecular weight is 149 g/mol. The first-order chi connectivity index (χ1) is 5.29. The predicted molar refractivity (Wildman–Crippen MR) is 40.4 cm³/mol. The average Bonchev–Trinajstić information content (AvgIpc) is 2.45. The summed E-state index contributed by atoms with van der Waals surface area (Å²) in [6, 6.07) is 3.28. The molecule has 0 unspecified atom stereocenters. The van der Waals surface area contributed by atoms with Gasteiger partial charge in [-0.1, -0.05) is 0 Å². The maximum atomic E-state index is 11.1. The molecule has 0 saturated carbocycles. The van der Waals surface area contributed by atoms with E-state index in [2.05, 4.69) is 5.10 Å². The summed E-state index contributed by atoms with van der Waals surface area (Å²) in [5.74, 6) is 0. The summed E-state index contributed by atoms with van der Waals surface area (Å²) in [5.41, 5.74) is 0.788. The molecule has 0 N–H and O–H groups in total. The minimum atomic E-state index is -0.0157. The number of aryl methyl sites for hydroxylation is 1. The second-order valence-corrected chi connectivity index (χ2v) is 2.35. The summed E-state index contributed by atoms with van der Waals surface area (Å²) in [5, 5.41) is 3.98. The van der Waals surface area contributed by atoms with Crippen molar-refractivity contribution in [1.82, 2.24) is 14.2 Å². The smallest absolute Gasteiger partial charge is 0.253 e. The summed E-state index contributed by atoms with van der Waals surface area (Å²) in [6.07, 6.45) is 3.31. The molecule has 2 aromatic rings. The molecular formula is C7H7N3O. The molecule has 2 aromatic heterocycles. The van der Waals surface area contributed by atoms with Crippen molar-refractivity contribution in [2.75, 3.05) is 0 Å². The van der Waals surface area contributed by atoms with Gasteiger partial charge in [0.15, 0.2) is 0 Å². The van der Waals surface area contributed by atoms with Crippen LogP contribution in [0, 0.1) is 0 Å². The number of hydrogen-bond donors (Lipinski definition) is 0. The van der Waals surface area contributed by atoms with E-state index in [0.717, 1.165) is 5.65 Å². The van der Waals surface area contributed by atoms with Crippen molar-refractivity contribution in [3.8, 4) is 0 Å². The van der Waals surface area contributed by atoms with Crippen LogP contribution in [0.5, 0.6) is 0 Å². The lowest BCUT2D eigenvalue weighted by Crippen LogP contribution is -2.17. The molecule has 0 atom stereocenters. The van der Waals surface area contributed by atoms with Crippen LogP contribution in [-0.4, -0.2) is 14.2 Å². The van der Waals surface area contributed by atoms with E-state index >= 15 is 0 Å². The minimum absolute atomic E-state index is 0.0157. The summed E-state index contributed by atoms with van der Waals surface area (Å²) in [4.78, 5) is 11.1. The third-order valence-corrected chi connectivity index (χ3v) is 1.68. The SMILES string of the molecule is Cn1c(=O)ccn2nccc12. The second-order valence-electron chi connectivity index (χ2n) is 2.35. The van der Waals surface area contributed by atoms with Gasteiger partial charge in [-0.25, -0.2) is 4.52 Å². The molecule has 0 aliphatic heterocycles. The first-order valence-corrected chi connectivity index (χ1v) is 3.28. The highest BCUT2D eigenvalue weighted by Gasteiger charge is 1.96. The highest BCUT2D eigenvalue weighted by molar-refractivity contribution is 5.36. The van der Waals surface area contributed by atoms with Crippen molar-refractivity contribution in [3.63, 3.8) is 0 Å². The molecule has 2 rings (SSSR count). The van der Waals surface area contributed by atoms with Crippen molar-refractivity contribution >= 4 is 5.65 Å². The van der Waals surface area contributed by atoms with E-state index in [4.69, 9.17) is 0 Å². The highest BCUT2D eigenvalue weighted by atomic mass is 16.1. The van der Waals surface area contributed by atoms with Crippen molar-refractivity contribution in [1.29, 1.82) is 0 Å². The Balaban J connectivity index is 3.04. The first-order valence-electron chi connectivity index (χ1n) is 3.28. The molecule has 11 heavy (non-hydrogen) atoms. The Hall–Kier alpha value is -1.58. The topological polar surface area (TPSA) is 39.3 Å².